The molecule has 1 fully saturated rings. The lowest BCUT2D eigenvalue weighted by atomic mass is 9.84. The zero-order valence-corrected chi connectivity index (χ0v) is 16.1. The average Bonchev–Trinajstić information content (AvgIpc) is 2.65. The van der Waals surface area contributed by atoms with Gasteiger partial charge in [0.1, 0.15) is 0 Å². The van der Waals surface area contributed by atoms with E-state index in [-0.39, 0.29) is 6.09 Å². The molecule has 0 bridgehead atoms. The number of carbonyl (C=O) groups is 1. The molecule has 138 valence electrons. The van der Waals surface area contributed by atoms with Gasteiger partial charge in [-0.1, -0.05) is 47.7 Å². The van der Waals surface area contributed by atoms with Gasteiger partial charge < -0.3 is 14.7 Å². The van der Waals surface area contributed by atoms with Crippen LogP contribution in [0.4, 0.5) is 4.79 Å². The van der Waals surface area contributed by atoms with E-state index in [1.807, 2.05) is 18.2 Å². The maximum atomic E-state index is 11.9. The minimum atomic E-state index is -0.919. The van der Waals surface area contributed by atoms with Crippen molar-refractivity contribution >= 4 is 17.9 Å². The summed E-state index contributed by atoms with van der Waals surface area (Å²) in [6.07, 6.45) is 0.728. The summed E-state index contributed by atoms with van der Waals surface area (Å²) in [6, 6.07) is 16.4. The molecule has 2 aromatic carbocycles. The molecule has 5 heteroatoms. The van der Waals surface area contributed by atoms with Crippen LogP contribution in [0.2, 0.25) is 0 Å². The van der Waals surface area contributed by atoms with Gasteiger partial charge in [-0.15, -0.1) is 0 Å². The summed E-state index contributed by atoms with van der Waals surface area (Å²) in [5, 5.41) is 11.3. The zero-order chi connectivity index (χ0) is 18.6. The number of likely N-dealkylation sites (tertiary alicyclic amines) is 1. The number of hydrogen-bond acceptors (Lipinski definition) is 4. The quantitative estimate of drug-likeness (QED) is 0.854. The van der Waals surface area contributed by atoms with Crippen LogP contribution in [-0.2, 0) is 10.3 Å². The Balaban J connectivity index is 1.77. The summed E-state index contributed by atoms with van der Waals surface area (Å²) in [4.78, 5) is 15.8. The van der Waals surface area contributed by atoms with E-state index >= 15 is 0 Å². The number of piperidine rings is 1. The highest BCUT2D eigenvalue weighted by Gasteiger charge is 2.37. The number of nitrogens with zero attached hydrogens (tertiary/aromatic N) is 1. The minimum Gasteiger partial charge on any atom is -0.450 e. The fourth-order valence-electron chi connectivity index (χ4n) is 3.22. The van der Waals surface area contributed by atoms with E-state index in [2.05, 4.69) is 37.3 Å². The third kappa shape index (κ3) is 4.22. The van der Waals surface area contributed by atoms with Gasteiger partial charge in [0.25, 0.3) is 0 Å². The van der Waals surface area contributed by atoms with Gasteiger partial charge in [0.05, 0.1) is 12.2 Å². The molecule has 4 nitrogen and oxygen atoms in total. The van der Waals surface area contributed by atoms with Crippen molar-refractivity contribution in [1.29, 1.82) is 0 Å². The zero-order valence-electron chi connectivity index (χ0n) is 15.3. The third-order valence-electron chi connectivity index (χ3n) is 4.75. The van der Waals surface area contributed by atoms with Crippen molar-refractivity contribution in [2.24, 2.45) is 0 Å². The van der Waals surface area contributed by atoms with E-state index in [0.29, 0.717) is 32.5 Å². The van der Waals surface area contributed by atoms with Gasteiger partial charge in [-0.3, -0.25) is 0 Å². The van der Waals surface area contributed by atoms with E-state index < -0.39 is 5.60 Å². The van der Waals surface area contributed by atoms with Crippen LogP contribution in [0.15, 0.2) is 58.3 Å². The van der Waals surface area contributed by atoms with Crippen LogP contribution in [-0.4, -0.2) is 35.8 Å². The first kappa shape index (κ1) is 18.8. The van der Waals surface area contributed by atoms with Gasteiger partial charge in [0.15, 0.2) is 0 Å². The van der Waals surface area contributed by atoms with Crippen LogP contribution in [0.1, 0.15) is 30.9 Å². The predicted molar refractivity (Wildman–Crippen MR) is 103 cm³/mol. The predicted octanol–water partition coefficient (Wildman–Crippen LogP) is 4.59. The van der Waals surface area contributed by atoms with Gasteiger partial charge in [0, 0.05) is 22.9 Å². The van der Waals surface area contributed by atoms with Crippen molar-refractivity contribution in [1.82, 2.24) is 4.90 Å². The van der Waals surface area contributed by atoms with Crippen molar-refractivity contribution in [3.8, 4) is 0 Å². The summed E-state index contributed by atoms with van der Waals surface area (Å²) >= 11 is 1.67. The molecule has 0 atom stereocenters. The number of ether oxygens (including phenoxy) is 1. The molecule has 0 saturated carbocycles. The molecule has 0 aliphatic carbocycles. The lowest BCUT2D eigenvalue weighted by Crippen LogP contribution is -2.45. The molecule has 1 saturated heterocycles. The molecule has 0 aromatic heterocycles. The summed E-state index contributed by atoms with van der Waals surface area (Å²) < 4.78 is 5.07. The second kappa shape index (κ2) is 8.14. The SMILES string of the molecule is CCOC(=O)N1CCC(O)(c2ccccc2Sc2ccc(C)cc2)CC1. The second-order valence-corrected chi connectivity index (χ2v) is 7.74. The number of amides is 1. The molecule has 1 N–H and O–H groups in total. The van der Waals surface area contributed by atoms with E-state index in [9.17, 15) is 9.90 Å². The molecule has 0 unspecified atom stereocenters. The largest absolute Gasteiger partial charge is 0.450 e. The van der Waals surface area contributed by atoms with Gasteiger partial charge in [-0.2, -0.15) is 0 Å². The normalized spacial score (nSPS) is 16.3. The van der Waals surface area contributed by atoms with Gasteiger partial charge in [-0.05, 0) is 50.5 Å². The van der Waals surface area contributed by atoms with Gasteiger partial charge in [-0.25, -0.2) is 4.79 Å². The maximum absolute atomic E-state index is 11.9. The fraction of sp³-hybridized carbons (Fsp3) is 0.381. The highest BCUT2D eigenvalue weighted by Crippen LogP contribution is 2.40. The van der Waals surface area contributed by atoms with Crippen LogP contribution in [0.25, 0.3) is 0 Å². The first-order valence-electron chi connectivity index (χ1n) is 9.00. The van der Waals surface area contributed by atoms with Gasteiger partial charge in [0.2, 0.25) is 0 Å². The highest BCUT2D eigenvalue weighted by atomic mass is 32.2. The Morgan fingerprint density at radius 2 is 1.81 bits per heavy atom. The highest BCUT2D eigenvalue weighted by molar-refractivity contribution is 7.99. The molecule has 2 aromatic rings. The first-order chi connectivity index (χ1) is 12.5. The molecule has 0 radical (unpaired) electrons. The van der Waals surface area contributed by atoms with Crippen LogP contribution < -0.4 is 0 Å². The topological polar surface area (TPSA) is 49.8 Å². The molecule has 1 heterocycles. The van der Waals surface area contributed by atoms with E-state index in [4.69, 9.17) is 4.74 Å². The summed E-state index contributed by atoms with van der Waals surface area (Å²) in [5.41, 5.74) is 1.25. The standard InChI is InChI=1S/C21H25NO3S/c1-3-25-20(23)22-14-12-21(24,13-15-22)18-6-4-5-7-19(18)26-17-10-8-16(2)9-11-17/h4-11,24H,3,12-15H2,1-2H3. The van der Waals surface area contributed by atoms with Crippen LogP contribution in [0.3, 0.4) is 0 Å². The van der Waals surface area contributed by atoms with Gasteiger partial charge >= 0.3 is 6.09 Å². The number of aliphatic hydroxyl groups is 1. The molecule has 26 heavy (non-hydrogen) atoms. The van der Waals surface area contributed by atoms with E-state index in [1.165, 1.54) is 5.56 Å². The van der Waals surface area contributed by atoms with Crippen LogP contribution >= 0.6 is 11.8 Å². The molecule has 0 spiro atoms. The molecular formula is C21H25NO3S. The number of aryl methyl sites for hydroxylation is 1. The van der Waals surface area contributed by atoms with E-state index in [0.717, 1.165) is 15.4 Å². The number of carbonyl (C=O) groups excluding carboxylic acids is 1. The second-order valence-electron chi connectivity index (χ2n) is 6.63. The molecule has 1 aliphatic rings. The molecule has 1 aliphatic heterocycles. The average molecular weight is 372 g/mol. The molecule has 1 amide bonds. The lowest BCUT2D eigenvalue weighted by Gasteiger charge is -2.38. The number of hydrogen-bond donors (Lipinski definition) is 1. The summed E-state index contributed by atoms with van der Waals surface area (Å²) in [5.74, 6) is 0. The Morgan fingerprint density at radius 1 is 1.15 bits per heavy atom. The Kier molecular flexibility index (Phi) is 5.89. The summed E-state index contributed by atoms with van der Waals surface area (Å²) in [6.45, 7) is 5.24. The number of benzene rings is 2. The fourth-order valence-corrected chi connectivity index (χ4v) is 4.26. The summed E-state index contributed by atoms with van der Waals surface area (Å²) in [7, 11) is 0. The Morgan fingerprint density at radius 3 is 2.46 bits per heavy atom. The number of rotatable bonds is 4. The van der Waals surface area contributed by atoms with Crippen molar-refractivity contribution in [3.63, 3.8) is 0 Å². The van der Waals surface area contributed by atoms with Crippen molar-refractivity contribution < 1.29 is 14.6 Å². The molecule has 3 rings (SSSR count). The minimum absolute atomic E-state index is 0.295. The van der Waals surface area contributed by atoms with Crippen molar-refractivity contribution in [2.45, 2.75) is 42.1 Å². The first-order valence-corrected chi connectivity index (χ1v) is 9.81. The Bertz CT molecular complexity index is 752. The van der Waals surface area contributed by atoms with E-state index in [1.54, 1.807) is 23.6 Å². The third-order valence-corrected chi connectivity index (χ3v) is 5.84. The van der Waals surface area contributed by atoms with Crippen molar-refractivity contribution in [3.05, 3.63) is 59.7 Å². The van der Waals surface area contributed by atoms with Crippen molar-refractivity contribution in [2.75, 3.05) is 19.7 Å². The van der Waals surface area contributed by atoms with Crippen LogP contribution in [0, 0.1) is 6.92 Å². The monoisotopic (exact) mass is 371 g/mol. The molecular weight excluding hydrogens is 346 g/mol. The Hall–Kier alpha value is -1.98. The smallest absolute Gasteiger partial charge is 0.409 e. The van der Waals surface area contributed by atoms with Crippen LogP contribution in [0.5, 0.6) is 0 Å². The maximum Gasteiger partial charge on any atom is 0.409 e. The lowest BCUT2D eigenvalue weighted by molar-refractivity contribution is -0.0263. The Labute approximate surface area is 159 Å².